The van der Waals surface area contributed by atoms with Gasteiger partial charge in [0, 0.05) is 27.6 Å². The van der Waals surface area contributed by atoms with Crippen molar-refractivity contribution in [1.82, 2.24) is 10.2 Å². The van der Waals surface area contributed by atoms with Gasteiger partial charge in [-0.15, -0.1) is 8.58 Å². The van der Waals surface area contributed by atoms with Crippen molar-refractivity contribution in [3.8, 4) is 0 Å². The molecule has 0 saturated heterocycles. The van der Waals surface area contributed by atoms with Gasteiger partial charge in [0.05, 0.1) is 0 Å². The first kappa shape index (κ1) is 17.9. The largest absolute Gasteiger partial charge is 0.358 e. The van der Waals surface area contributed by atoms with E-state index in [0.29, 0.717) is 8.58 Å². The first-order valence-corrected chi connectivity index (χ1v) is 6.37. The average molecular weight is 401 g/mol. The molecule has 0 bridgehead atoms. The van der Waals surface area contributed by atoms with E-state index in [2.05, 4.69) is 17.1 Å². The number of nitrogens with one attached hydrogen (secondary N) is 1. The van der Waals surface area contributed by atoms with Crippen LogP contribution in [0.15, 0.2) is 0 Å². The first-order chi connectivity index (χ1) is 6.40. The Balaban J connectivity index is 0. The monoisotopic (exact) mass is 401 g/mol. The molecule has 0 aromatic carbocycles. The number of hydrogen-bond donors (Lipinski definition) is 1. The second-order valence-corrected chi connectivity index (χ2v) is 5.60. The van der Waals surface area contributed by atoms with Crippen molar-refractivity contribution in [3.63, 3.8) is 0 Å². The third-order valence-electron chi connectivity index (χ3n) is 2.12. The molecular formula is C10H22N2OPW-. The summed E-state index contributed by atoms with van der Waals surface area (Å²) in [7, 11) is 4.60. The van der Waals surface area contributed by atoms with Gasteiger partial charge in [-0.2, -0.15) is 0 Å². The SMILES string of the molecule is [CH2-]C(C)(PC)C(=O)NCCCN(C)C.[W]. The van der Waals surface area contributed by atoms with Crippen molar-refractivity contribution in [2.45, 2.75) is 18.5 Å². The Kier molecular flexibility index (Phi) is 10.4. The molecule has 3 nitrogen and oxygen atoms in total. The van der Waals surface area contributed by atoms with Gasteiger partial charge in [0.1, 0.15) is 0 Å². The van der Waals surface area contributed by atoms with E-state index >= 15 is 0 Å². The van der Waals surface area contributed by atoms with Gasteiger partial charge in [0.15, 0.2) is 5.91 Å². The molecule has 0 heterocycles. The normalized spacial score (nSPS) is 15.1. The summed E-state index contributed by atoms with van der Waals surface area (Å²) in [6, 6.07) is 0. The summed E-state index contributed by atoms with van der Waals surface area (Å²) in [6.07, 6.45) is 0.988. The summed E-state index contributed by atoms with van der Waals surface area (Å²) in [5.74, 6) is 0.0667. The summed E-state index contributed by atoms with van der Waals surface area (Å²) >= 11 is 0. The van der Waals surface area contributed by atoms with Gasteiger partial charge >= 0.3 is 0 Å². The average Bonchev–Trinajstić information content (AvgIpc) is 2.11. The van der Waals surface area contributed by atoms with Crippen LogP contribution in [0.4, 0.5) is 0 Å². The molecule has 0 aliphatic carbocycles. The Labute approximate surface area is 110 Å². The van der Waals surface area contributed by atoms with Crippen molar-refractivity contribution in [2.75, 3.05) is 33.8 Å². The van der Waals surface area contributed by atoms with Gasteiger partial charge < -0.3 is 17.1 Å². The van der Waals surface area contributed by atoms with Gasteiger partial charge in [0.2, 0.25) is 0 Å². The molecular weight excluding hydrogens is 379 g/mol. The summed E-state index contributed by atoms with van der Waals surface area (Å²) in [5.41, 5.74) is 0. The topological polar surface area (TPSA) is 32.3 Å². The van der Waals surface area contributed by atoms with E-state index in [-0.39, 0.29) is 27.0 Å². The fourth-order valence-electron chi connectivity index (χ4n) is 0.906. The van der Waals surface area contributed by atoms with Gasteiger partial charge in [-0.25, -0.2) is 0 Å². The zero-order valence-corrected chi connectivity index (χ0v) is 14.0. The first-order valence-electron chi connectivity index (χ1n) is 4.87. The van der Waals surface area contributed by atoms with Crippen LogP contribution in [-0.4, -0.2) is 49.8 Å². The molecule has 15 heavy (non-hydrogen) atoms. The minimum absolute atomic E-state index is 0. The number of carbonyl (C=O) groups excluding carboxylic acids is 1. The van der Waals surface area contributed by atoms with Crippen LogP contribution in [0.25, 0.3) is 0 Å². The molecule has 1 amide bonds. The predicted octanol–water partition coefficient (Wildman–Crippen LogP) is 0.953. The van der Waals surface area contributed by atoms with Gasteiger partial charge in [0.25, 0.3) is 0 Å². The summed E-state index contributed by atoms with van der Waals surface area (Å²) in [6.45, 7) is 9.53. The molecule has 0 rings (SSSR count). The van der Waals surface area contributed by atoms with E-state index in [0.717, 1.165) is 19.5 Å². The van der Waals surface area contributed by atoms with Crippen molar-refractivity contribution in [1.29, 1.82) is 0 Å². The van der Waals surface area contributed by atoms with Crippen LogP contribution in [-0.2, 0) is 25.9 Å². The van der Waals surface area contributed by atoms with Gasteiger partial charge in [-0.1, -0.05) is 12.1 Å². The summed E-state index contributed by atoms with van der Waals surface area (Å²) in [4.78, 5) is 13.7. The molecule has 2 unspecified atom stereocenters. The van der Waals surface area contributed by atoms with Crippen LogP contribution in [0.3, 0.4) is 0 Å². The zero-order valence-electron chi connectivity index (χ0n) is 10.1. The maximum Gasteiger partial charge on any atom is 0.199 e. The van der Waals surface area contributed by atoms with Crippen molar-refractivity contribution >= 4 is 14.5 Å². The van der Waals surface area contributed by atoms with Crippen molar-refractivity contribution in [2.24, 2.45) is 0 Å². The van der Waals surface area contributed by atoms with E-state index in [1.807, 2.05) is 27.7 Å². The van der Waals surface area contributed by atoms with Crippen molar-refractivity contribution < 1.29 is 25.9 Å². The van der Waals surface area contributed by atoms with E-state index in [1.165, 1.54) is 0 Å². The molecule has 1 N–H and O–H groups in total. The maximum atomic E-state index is 11.6. The van der Waals surface area contributed by atoms with E-state index < -0.39 is 5.16 Å². The second-order valence-electron chi connectivity index (χ2n) is 3.99. The molecule has 2 atom stereocenters. The van der Waals surface area contributed by atoms with Crippen LogP contribution in [0.1, 0.15) is 13.3 Å². The smallest absolute Gasteiger partial charge is 0.199 e. The summed E-state index contributed by atoms with van der Waals surface area (Å²) in [5, 5.41) is 2.46. The molecule has 0 spiro atoms. The molecule has 0 fully saturated rings. The minimum atomic E-state index is -0.446. The number of rotatable bonds is 6. The fraction of sp³-hybridized carbons (Fsp3) is 0.800. The fourth-order valence-corrected chi connectivity index (χ4v) is 1.22. The van der Waals surface area contributed by atoms with E-state index in [4.69, 9.17) is 0 Å². The number of hydrogen-bond acceptors (Lipinski definition) is 2. The van der Waals surface area contributed by atoms with E-state index in [1.54, 1.807) is 0 Å². The van der Waals surface area contributed by atoms with Crippen LogP contribution >= 0.6 is 8.58 Å². The Hall–Kier alpha value is 0.548. The van der Waals surface area contributed by atoms with Crippen LogP contribution in [0.2, 0.25) is 0 Å². The molecule has 0 radical (unpaired) electrons. The standard InChI is InChI=1S/C10H22N2OP.W/c1-10(2,14-5)9(13)11-7-6-8-12(3)4;/h14H,1,6-8H2,2-5H3,(H,11,13);/q-1;. The van der Waals surface area contributed by atoms with Crippen LogP contribution in [0, 0.1) is 6.92 Å². The predicted molar refractivity (Wildman–Crippen MR) is 64.2 cm³/mol. The Morgan fingerprint density at radius 2 is 2.07 bits per heavy atom. The molecule has 0 aliphatic rings. The number of amides is 1. The minimum Gasteiger partial charge on any atom is -0.358 e. The molecule has 0 aromatic rings. The van der Waals surface area contributed by atoms with Crippen LogP contribution < -0.4 is 5.32 Å². The summed E-state index contributed by atoms with van der Waals surface area (Å²) < 4.78 is 0. The quantitative estimate of drug-likeness (QED) is 0.409. The number of carbonyl (C=O) groups is 1. The van der Waals surface area contributed by atoms with Gasteiger partial charge in [-0.3, -0.25) is 4.79 Å². The molecule has 0 aliphatic heterocycles. The Morgan fingerprint density at radius 3 is 2.47 bits per heavy atom. The molecule has 0 saturated carbocycles. The van der Waals surface area contributed by atoms with E-state index in [9.17, 15) is 4.79 Å². The third-order valence-corrected chi connectivity index (χ3v) is 3.45. The Bertz CT molecular complexity index is 186. The zero-order chi connectivity index (χ0) is 11.2. The van der Waals surface area contributed by atoms with Gasteiger partial charge in [-0.05, 0) is 33.7 Å². The van der Waals surface area contributed by atoms with Crippen molar-refractivity contribution in [3.05, 3.63) is 6.92 Å². The molecule has 90 valence electrons. The van der Waals surface area contributed by atoms with Crippen LogP contribution in [0.5, 0.6) is 0 Å². The third kappa shape index (κ3) is 8.37. The second kappa shape index (κ2) is 8.67. The maximum absolute atomic E-state index is 11.6. The molecule has 0 aromatic heterocycles. The molecule has 5 heteroatoms. The number of nitrogens with zero attached hydrogens (tertiary/aromatic N) is 1. The Morgan fingerprint density at radius 1 is 1.53 bits per heavy atom.